The molecule has 1 aromatic rings. The summed E-state index contributed by atoms with van der Waals surface area (Å²) in [6, 6.07) is 8.98. The van der Waals surface area contributed by atoms with Gasteiger partial charge in [-0.05, 0) is 18.6 Å². The topological polar surface area (TPSA) is 37.3 Å². The summed E-state index contributed by atoms with van der Waals surface area (Å²) in [7, 11) is -3.09. The number of unbranched alkanes of at least 4 members (excludes halogenated alkanes) is 4. The van der Waals surface area contributed by atoms with Crippen LogP contribution in [-0.4, -0.2) is 11.1 Å². The van der Waals surface area contributed by atoms with E-state index in [1.54, 1.807) is 12.1 Å². The Morgan fingerprint density at radius 3 is 2.31 bits per heavy atom. The molecule has 0 heterocycles. The van der Waals surface area contributed by atoms with Gasteiger partial charge in [0.2, 0.25) is 7.37 Å². The van der Waals surface area contributed by atoms with Crippen molar-refractivity contribution in [2.24, 2.45) is 0 Å². The van der Waals surface area contributed by atoms with Gasteiger partial charge in [0.1, 0.15) is 0 Å². The monoisotopic (exact) mass is 240 g/mol. The Balaban J connectivity index is 2.38. The SMILES string of the molecule is CCCCCCCP(=O)(O)c1ccccc1. The molecule has 0 aliphatic heterocycles. The molecule has 1 aromatic carbocycles. The van der Waals surface area contributed by atoms with Gasteiger partial charge in [-0.3, -0.25) is 4.57 Å². The van der Waals surface area contributed by atoms with E-state index in [1.165, 1.54) is 19.3 Å². The van der Waals surface area contributed by atoms with Crippen molar-refractivity contribution in [1.82, 2.24) is 0 Å². The summed E-state index contributed by atoms with van der Waals surface area (Å²) in [5.74, 6) is 0. The van der Waals surface area contributed by atoms with E-state index in [9.17, 15) is 9.46 Å². The van der Waals surface area contributed by atoms with Crippen LogP contribution in [0.2, 0.25) is 0 Å². The lowest BCUT2D eigenvalue weighted by Gasteiger charge is -2.11. The van der Waals surface area contributed by atoms with E-state index in [2.05, 4.69) is 6.92 Å². The number of hydrogen-bond acceptors (Lipinski definition) is 1. The van der Waals surface area contributed by atoms with Gasteiger partial charge in [0.05, 0.1) is 0 Å². The van der Waals surface area contributed by atoms with Gasteiger partial charge in [0, 0.05) is 11.5 Å². The molecule has 0 aliphatic carbocycles. The lowest BCUT2D eigenvalue weighted by molar-refractivity contribution is 0.485. The lowest BCUT2D eigenvalue weighted by Crippen LogP contribution is -2.06. The summed E-state index contributed by atoms with van der Waals surface area (Å²) < 4.78 is 12.0. The van der Waals surface area contributed by atoms with E-state index >= 15 is 0 Å². The fourth-order valence-electron chi connectivity index (χ4n) is 1.72. The van der Waals surface area contributed by atoms with Crippen LogP contribution in [0.5, 0.6) is 0 Å². The van der Waals surface area contributed by atoms with Gasteiger partial charge in [-0.15, -0.1) is 0 Å². The van der Waals surface area contributed by atoms with Crippen LogP contribution in [0, 0.1) is 0 Å². The zero-order valence-electron chi connectivity index (χ0n) is 9.93. The van der Waals surface area contributed by atoms with Crippen LogP contribution < -0.4 is 5.30 Å². The molecule has 16 heavy (non-hydrogen) atoms. The molecule has 2 nitrogen and oxygen atoms in total. The van der Waals surface area contributed by atoms with Crippen LogP contribution in [-0.2, 0) is 4.57 Å². The van der Waals surface area contributed by atoms with Crippen molar-refractivity contribution in [2.75, 3.05) is 6.16 Å². The third-order valence-corrected chi connectivity index (χ3v) is 4.75. The lowest BCUT2D eigenvalue weighted by atomic mass is 10.2. The van der Waals surface area contributed by atoms with Crippen molar-refractivity contribution in [2.45, 2.75) is 39.0 Å². The zero-order chi connectivity index (χ0) is 11.9. The van der Waals surface area contributed by atoms with E-state index in [-0.39, 0.29) is 0 Å². The van der Waals surface area contributed by atoms with Gasteiger partial charge < -0.3 is 4.89 Å². The predicted molar refractivity (Wildman–Crippen MR) is 69.5 cm³/mol. The second-order valence-corrected chi connectivity index (χ2v) is 6.54. The molecule has 0 fully saturated rings. The molecule has 90 valence electrons. The van der Waals surface area contributed by atoms with Crippen LogP contribution in [0.3, 0.4) is 0 Å². The van der Waals surface area contributed by atoms with Gasteiger partial charge in [-0.2, -0.15) is 0 Å². The highest BCUT2D eigenvalue weighted by atomic mass is 31.2. The van der Waals surface area contributed by atoms with E-state index < -0.39 is 7.37 Å². The maximum Gasteiger partial charge on any atom is 0.229 e. The number of hydrogen-bond donors (Lipinski definition) is 1. The Morgan fingerprint density at radius 2 is 1.69 bits per heavy atom. The fourth-order valence-corrected chi connectivity index (χ4v) is 3.27. The first kappa shape index (κ1) is 13.5. The van der Waals surface area contributed by atoms with Crippen molar-refractivity contribution in [1.29, 1.82) is 0 Å². The highest BCUT2D eigenvalue weighted by Gasteiger charge is 2.19. The summed E-state index contributed by atoms with van der Waals surface area (Å²) in [6.45, 7) is 2.17. The molecule has 3 heteroatoms. The molecule has 1 N–H and O–H groups in total. The van der Waals surface area contributed by atoms with Crippen molar-refractivity contribution in [3.63, 3.8) is 0 Å². The fraction of sp³-hybridized carbons (Fsp3) is 0.538. The van der Waals surface area contributed by atoms with Crippen LogP contribution >= 0.6 is 7.37 Å². The molecular formula is C13H21O2P. The quantitative estimate of drug-likeness (QED) is 0.584. The van der Waals surface area contributed by atoms with E-state index in [4.69, 9.17) is 0 Å². The molecule has 0 radical (unpaired) electrons. The van der Waals surface area contributed by atoms with Crippen LogP contribution in [0.15, 0.2) is 30.3 Å². The summed E-state index contributed by atoms with van der Waals surface area (Å²) in [6.07, 6.45) is 5.93. The average Bonchev–Trinajstić information content (AvgIpc) is 2.30. The first-order chi connectivity index (χ1) is 7.67. The Labute approximate surface area is 98.2 Å². The van der Waals surface area contributed by atoms with Crippen molar-refractivity contribution < 1.29 is 9.46 Å². The molecule has 0 saturated carbocycles. The van der Waals surface area contributed by atoms with E-state index in [0.717, 1.165) is 12.8 Å². The second-order valence-electron chi connectivity index (χ2n) is 4.17. The van der Waals surface area contributed by atoms with Gasteiger partial charge in [0.25, 0.3) is 0 Å². The minimum absolute atomic E-state index is 0.417. The third-order valence-electron chi connectivity index (χ3n) is 2.72. The minimum Gasteiger partial charge on any atom is -0.341 e. The van der Waals surface area contributed by atoms with E-state index in [0.29, 0.717) is 11.5 Å². The van der Waals surface area contributed by atoms with Gasteiger partial charge in [-0.1, -0.05) is 50.8 Å². The maximum atomic E-state index is 12.0. The van der Waals surface area contributed by atoms with Crippen LogP contribution in [0.4, 0.5) is 0 Å². The maximum absolute atomic E-state index is 12.0. The highest BCUT2D eigenvalue weighted by molar-refractivity contribution is 7.66. The summed E-state index contributed by atoms with van der Waals surface area (Å²) >= 11 is 0. The Hall–Kier alpha value is -0.590. The van der Waals surface area contributed by atoms with Crippen molar-refractivity contribution >= 4 is 12.7 Å². The standard InChI is InChI=1S/C13H21O2P/c1-2-3-4-5-9-12-16(14,15)13-10-7-6-8-11-13/h6-8,10-11H,2-5,9,12H2,1H3,(H,14,15). The largest absolute Gasteiger partial charge is 0.341 e. The third kappa shape index (κ3) is 4.51. The van der Waals surface area contributed by atoms with Crippen LogP contribution in [0.25, 0.3) is 0 Å². The minimum atomic E-state index is -3.09. The molecule has 0 spiro atoms. The zero-order valence-corrected chi connectivity index (χ0v) is 10.8. The van der Waals surface area contributed by atoms with Crippen molar-refractivity contribution in [3.8, 4) is 0 Å². The summed E-state index contributed by atoms with van der Waals surface area (Å²) in [5.41, 5.74) is 0. The van der Waals surface area contributed by atoms with Gasteiger partial charge in [0.15, 0.2) is 0 Å². The second kappa shape index (κ2) is 6.88. The molecule has 0 bridgehead atoms. The summed E-state index contributed by atoms with van der Waals surface area (Å²) in [4.78, 5) is 9.90. The Kier molecular flexibility index (Phi) is 5.79. The first-order valence-corrected chi connectivity index (χ1v) is 7.89. The van der Waals surface area contributed by atoms with Gasteiger partial charge in [-0.25, -0.2) is 0 Å². The molecule has 1 unspecified atom stereocenters. The normalized spacial score (nSPS) is 14.6. The average molecular weight is 240 g/mol. The van der Waals surface area contributed by atoms with Crippen LogP contribution in [0.1, 0.15) is 39.0 Å². The number of benzene rings is 1. The van der Waals surface area contributed by atoms with Crippen molar-refractivity contribution in [3.05, 3.63) is 30.3 Å². The highest BCUT2D eigenvalue weighted by Crippen LogP contribution is 2.40. The molecular weight excluding hydrogens is 219 g/mol. The summed E-state index contributed by atoms with van der Waals surface area (Å²) in [5, 5.41) is 0.588. The Bertz CT molecular complexity index is 335. The molecule has 0 aliphatic rings. The van der Waals surface area contributed by atoms with E-state index in [1.807, 2.05) is 18.2 Å². The molecule has 0 amide bonds. The Morgan fingerprint density at radius 1 is 1.06 bits per heavy atom. The molecule has 0 aromatic heterocycles. The predicted octanol–water partition coefficient (Wildman–Crippen LogP) is 3.55. The first-order valence-electron chi connectivity index (χ1n) is 6.04. The molecule has 1 rings (SSSR count). The smallest absolute Gasteiger partial charge is 0.229 e. The number of rotatable bonds is 7. The van der Waals surface area contributed by atoms with Gasteiger partial charge >= 0.3 is 0 Å². The molecule has 0 saturated heterocycles. The molecule has 1 atom stereocenters.